The van der Waals surface area contributed by atoms with Crippen molar-refractivity contribution in [1.82, 2.24) is 0 Å². The zero-order chi connectivity index (χ0) is 21.1. The van der Waals surface area contributed by atoms with E-state index in [0.717, 1.165) is 5.56 Å². The van der Waals surface area contributed by atoms with Gasteiger partial charge in [0.1, 0.15) is 6.79 Å². The summed E-state index contributed by atoms with van der Waals surface area (Å²) < 4.78 is 21.8. The molecule has 5 atom stereocenters. The van der Waals surface area contributed by atoms with E-state index in [2.05, 4.69) is 13.8 Å². The molecule has 0 aromatic heterocycles. The molecule has 1 N–H and O–H groups in total. The Bertz CT molecular complexity index is 547. The number of rotatable bonds is 13. The fourth-order valence-electron chi connectivity index (χ4n) is 3.13. The summed E-state index contributed by atoms with van der Waals surface area (Å²) in [4.78, 5) is 11.8. The van der Waals surface area contributed by atoms with Gasteiger partial charge in [-0.15, -0.1) is 0 Å². The molecule has 28 heavy (non-hydrogen) atoms. The highest BCUT2D eigenvalue weighted by molar-refractivity contribution is 5.72. The van der Waals surface area contributed by atoms with Crippen LogP contribution in [0.5, 0.6) is 0 Å². The molecule has 0 fully saturated rings. The molecule has 1 aromatic rings. The van der Waals surface area contributed by atoms with Crippen LogP contribution in [0.25, 0.3) is 0 Å². The first-order valence-electron chi connectivity index (χ1n) is 9.83. The second kappa shape index (κ2) is 12.9. The molecule has 0 bridgehead atoms. The number of carbonyl (C=O) groups is 1. The topological polar surface area (TPSA) is 74.2 Å². The lowest BCUT2D eigenvalue weighted by Gasteiger charge is -2.33. The molecule has 0 aliphatic carbocycles. The molecule has 0 saturated heterocycles. The standard InChI is InChI=1S/C22H36O6/c1-15(2)19(27-13-18-10-8-7-9-11-18)12-20(28-14-25-5)16(3)21(23)17(4)22(24)26-6/h7-11,15-17,19-21,23H,12-14H2,1-6H3/t16-,17-,19-,20+,21+/m0/s1. The van der Waals surface area contributed by atoms with E-state index in [0.29, 0.717) is 13.0 Å². The summed E-state index contributed by atoms with van der Waals surface area (Å²) in [6.45, 7) is 8.35. The van der Waals surface area contributed by atoms with Crippen LogP contribution in [-0.2, 0) is 30.3 Å². The van der Waals surface area contributed by atoms with Crippen LogP contribution >= 0.6 is 0 Å². The van der Waals surface area contributed by atoms with Crippen molar-refractivity contribution in [1.29, 1.82) is 0 Å². The Balaban J connectivity index is 2.82. The zero-order valence-corrected chi connectivity index (χ0v) is 18.0. The fourth-order valence-corrected chi connectivity index (χ4v) is 3.13. The molecule has 1 rings (SSSR count). The average molecular weight is 397 g/mol. The van der Waals surface area contributed by atoms with E-state index < -0.39 is 18.0 Å². The smallest absolute Gasteiger partial charge is 0.311 e. The molecule has 0 spiro atoms. The van der Waals surface area contributed by atoms with Crippen LogP contribution in [0, 0.1) is 17.8 Å². The van der Waals surface area contributed by atoms with Gasteiger partial charge in [-0.1, -0.05) is 51.1 Å². The normalized spacial score (nSPS) is 17.0. The number of methoxy groups -OCH3 is 2. The molecular weight excluding hydrogens is 360 g/mol. The Morgan fingerprint density at radius 2 is 1.64 bits per heavy atom. The fraction of sp³-hybridized carbons (Fsp3) is 0.682. The van der Waals surface area contributed by atoms with Gasteiger partial charge in [-0.25, -0.2) is 0 Å². The number of ether oxygens (including phenoxy) is 4. The second-order valence-electron chi connectivity index (χ2n) is 7.59. The number of carbonyl (C=O) groups excluding carboxylic acids is 1. The maximum atomic E-state index is 11.8. The summed E-state index contributed by atoms with van der Waals surface area (Å²) in [5.74, 6) is -1.12. The van der Waals surface area contributed by atoms with E-state index in [9.17, 15) is 9.90 Å². The number of hydrogen-bond donors (Lipinski definition) is 1. The van der Waals surface area contributed by atoms with Crippen LogP contribution < -0.4 is 0 Å². The lowest BCUT2D eigenvalue weighted by atomic mass is 9.85. The first-order valence-corrected chi connectivity index (χ1v) is 9.83. The predicted molar refractivity (Wildman–Crippen MR) is 108 cm³/mol. The van der Waals surface area contributed by atoms with Crippen LogP contribution in [0.2, 0.25) is 0 Å². The monoisotopic (exact) mass is 396 g/mol. The number of hydrogen-bond acceptors (Lipinski definition) is 6. The van der Waals surface area contributed by atoms with Gasteiger partial charge in [-0.05, 0) is 18.4 Å². The summed E-state index contributed by atoms with van der Waals surface area (Å²) in [5.41, 5.74) is 1.11. The lowest BCUT2D eigenvalue weighted by Crippen LogP contribution is -2.41. The van der Waals surface area contributed by atoms with E-state index in [1.54, 1.807) is 14.0 Å². The average Bonchev–Trinajstić information content (AvgIpc) is 2.71. The Morgan fingerprint density at radius 1 is 1.00 bits per heavy atom. The minimum absolute atomic E-state index is 0.0647. The Kier molecular flexibility index (Phi) is 11.3. The first-order chi connectivity index (χ1) is 13.3. The molecule has 0 aliphatic rings. The van der Waals surface area contributed by atoms with Crippen LogP contribution in [0.3, 0.4) is 0 Å². The van der Waals surface area contributed by atoms with Gasteiger partial charge in [0, 0.05) is 19.4 Å². The lowest BCUT2D eigenvalue weighted by molar-refractivity contribution is -0.156. The van der Waals surface area contributed by atoms with Gasteiger partial charge >= 0.3 is 5.97 Å². The SMILES string of the molecule is COCO[C@H](C[C@H](OCc1ccccc1)C(C)C)[C@H](C)[C@@H](O)[C@H](C)C(=O)OC. The molecule has 0 heterocycles. The third-order valence-corrected chi connectivity index (χ3v) is 5.13. The molecule has 0 saturated carbocycles. The van der Waals surface area contributed by atoms with Gasteiger partial charge in [0.2, 0.25) is 0 Å². The molecule has 0 radical (unpaired) electrons. The third kappa shape index (κ3) is 7.87. The van der Waals surface area contributed by atoms with Crippen LogP contribution in [0.4, 0.5) is 0 Å². The van der Waals surface area contributed by atoms with Gasteiger partial charge in [-0.2, -0.15) is 0 Å². The van der Waals surface area contributed by atoms with Crippen molar-refractivity contribution < 1.29 is 28.8 Å². The van der Waals surface area contributed by atoms with Crippen molar-refractivity contribution in [2.75, 3.05) is 21.0 Å². The number of esters is 1. The Labute approximate surface area is 169 Å². The van der Waals surface area contributed by atoms with Crippen molar-refractivity contribution in [2.24, 2.45) is 17.8 Å². The van der Waals surface area contributed by atoms with E-state index in [4.69, 9.17) is 18.9 Å². The van der Waals surface area contributed by atoms with Crippen molar-refractivity contribution >= 4 is 5.97 Å². The maximum Gasteiger partial charge on any atom is 0.311 e. The second-order valence-corrected chi connectivity index (χ2v) is 7.59. The van der Waals surface area contributed by atoms with Gasteiger partial charge in [0.15, 0.2) is 0 Å². The quantitative estimate of drug-likeness (QED) is 0.407. The van der Waals surface area contributed by atoms with Crippen LogP contribution in [0.1, 0.15) is 39.7 Å². The number of aliphatic hydroxyl groups excluding tert-OH is 1. The molecule has 0 unspecified atom stereocenters. The van der Waals surface area contributed by atoms with Crippen molar-refractivity contribution in [3.63, 3.8) is 0 Å². The largest absolute Gasteiger partial charge is 0.469 e. The van der Waals surface area contributed by atoms with Gasteiger partial charge in [0.25, 0.3) is 0 Å². The first kappa shape index (κ1) is 24.6. The van der Waals surface area contributed by atoms with Crippen LogP contribution in [-0.4, -0.2) is 50.4 Å². The molecule has 6 nitrogen and oxygen atoms in total. The summed E-state index contributed by atoms with van der Waals surface area (Å²) in [5, 5.41) is 10.7. The van der Waals surface area contributed by atoms with E-state index >= 15 is 0 Å². The summed E-state index contributed by atoms with van der Waals surface area (Å²) in [7, 11) is 2.88. The Morgan fingerprint density at radius 3 is 2.18 bits per heavy atom. The summed E-state index contributed by atoms with van der Waals surface area (Å²) in [6, 6.07) is 10.0. The molecule has 1 aromatic carbocycles. The van der Waals surface area contributed by atoms with Gasteiger partial charge in [0.05, 0.1) is 37.9 Å². The minimum Gasteiger partial charge on any atom is -0.469 e. The molecule has 0 aliphatic heterocycles. The molecule has 0 amide bonds. The highest BCUT2D eigenvalue weighted by Crippen LogP contribution is 2.26. The molecular formula is C22H36O6. The van der Waals surface area contributed by atoms with Crippen molar-refractivity contribution in [2.45, 2.75) is 59.0 Å². The van der Waals surface area contributed by atoms with Crippen LogP contribution in [0.15, 0.2) is 30.3 Å². The number of benzene rings is 1. The highest BCUT2D eigenvalue weighted by Gasteiger charge is 2.35. The van der Waals surface area contributed by atoms with E-state index in [1.165, 1.54) is 7.11 Å². The van der Waals surface area contributed by atoms with E-state index in [1.807, 2.05) is 37.3 Å². The van der Waals surface area contributed by atoms with Crippen molar-refractivity contribution in [3.8, 4) is 0 Å². The van der Waals surface area contributed by atoms with Gasteiger partial charge in [-0.3, -0.25) is 4.79 Å². The summed E-state index contributed by atoms with van der Waals surface area (Å²) in [6.07, 6.45) is -0.702. The predicted octanol–water partition coefficient (Wildman–Crippen LogP) is 3.41. The van der Waals surface area contributed by atoms with E-state index in [-0.39, 0.29) is 30.8 Å². The highest BCUT2D eigenvalue weighted by atomic mass is 16.7. The maximum absolute atomic E-state index is 11.8. The molecule has 6 heteroatoms. The number of aliphatic hydroxyl groups is 1. The Hall–Kier alpha value is -1.47. The summed E-state index contributed by atoms with van der Waals surface area (Å²) >= 11 is 0. The zero-order valence-electron chi connectivity index (χ0n) is 18.0. The van der Waals surface area contributed by atoms with Gasteiger partial charge < -0.3 is 24.1 Å². The minimum atomic E-state index is -0.892. The third-order valence-electron chi connectivity index (χ3n) is 5.13. The molecule has 160 valence electrons. The van der Waals surface area contributed by atoms with Crippen molar-refractivity contribution in [3.05, 3.63) is 35.9 Å².